The zero-order valence-corrected chi connectivity index (χ0v) is 7.29. The van der Waals surface area contributed by atoms with Gasteiger partial charge in [0.1, 0.15) is 5.82 Å². The van der Waals surface area contributed by atoms with Crippen LogP contribution in [0.4, 0.5) is 5.82 Å². The van der Waals surface area contributed by atoms with E-state index in [1.165, 1.54) is 12.1 Å². The molecule has 4 nitrogen and oxygen atoms in total. The van der Waals surface area contributed by atoms with Gasteiger partial charge in [0.25, 0.3) is 0 Å². The normalized spacial score (nSPS) is 9.64. The minimum absolute atomic E-state index is 0.0102. The molecule has 3 N–H and O–H groups in total. The average Bonchev–Trinajstić information content (AvgIpc) is 1.85. The van der Waals surface area contributed by atoms with Crippen LogP contribution in [0, 0.1) is 6.92 Å². The maximum atomic E-state index is 10.9. The number of rotatable bonds is 2. The second kappa shape index (κ2) is 3.51. The van der Waals surface area contributed by atoms with Crippen molar-refractivity contribution < 1.29 is 0 Å². The first-order valence-electron chi connectivity index (χ1n) is 3.15. The zero-order valence-electron chi connectivity index (χ0n) is 6.14. The van der Waals surface area contributed by atoms with E-state index in [9.17, 15) is 4.79 Å². The fourth-order valence-corrected chi connectivity index (χ4v) is 0.982. The van der Waals surface area contributed by atoms with Crippen molar-refractivity contribution in [3.05, 3.63) is 28.0 Å². The molecule has 1 heterocycles. The second-order valence-electron chi connectivity index (χ2n) is 2.18. The Morgan fingerprint density at radius 2 is 2.27 bits per heavy atom. The molecule has 1 rings (SSSR count). The third-order valence-corrected chi connectivity index (χ3v) is 1.33. The number of hydrazine groups is 1. The number of pyridine rings is 1. The van der Waals surface area contributed by atoms with Gasteiger partial charge in [-0.25, -0.2) is 5.20 Å². The Bertz CT molecular complexity index is 296. The summed E-state index contributed by atoms with van der Waals surface area (Å²) in [7, 11) is 2.28. The molecule has 0 saturated heterocycles. The van der Waals surface area contributed by atoms with E-state index in [1.54, 1.807) is 0 Å². The standard InChI is InChI=1S/C6H10N3OP/c1-4-2-5(10)3-6(7-4)8-9-11/h2-3,9H,11H2,1H3,(H2,7,8,10). The molecule has 60 valence electrons. The van der Waals surface area contributed by atoms with Gasteiger partial charge in [0.2, 0.25) is 0 Å². The molecule has 1 aromatic rings. The number of aromatic nitrogens is 1. The third-order valence-electron chi connectivity index (χ3n) is 1.18. The number of hydrogen-bond acceptors (Lipinski definition) is 3. The third kappa shape index (κ3) is 2.33. The molecule has 0 amide bonds. The Labute approximate surface area is 66.6 Å². The van der Waals surface area contributed by atoms with E-state index in [0.717, 1.165) is 5.69 Å². The lowest BCUT2D eigenvalue weighted by molar-refractivity contribution is 1.11. The zero-order chi connectivity index (χ0) is 8.27. The van der Waals surface area contributed by atoms with Gasteiger partial charge in [0.05, 0.1) is 0 Å². The van der Waals surface area contributed by atoms with E-state index >= 15 is 0 Å². The van der Waals surface area contributed by atoms with E-state index in [1.807, 2.05) is 6.92 Å². The van der Waals surface area contributed by atoms with Crippen LogP contribution in [0.1, 0.15) is 5.69 Å². The van der Waals surface area contributed by atoms with Crippen molar-refractivity contribution in [3.8, 4) is 0 Å². The maximum Gasteiger partial charge on any atom is 0.184 e. The van der Waals surface area contributed by atoms with Gasteiger partial charge < -0.3 is 10.4 Å². The van der Waals surface area contributed by atoms with E-state index < -0.39 is 0 Å². The van der Waals surface area contributed by atoms with Crippen molar-refractivity contribution in [2.45, 2.75) is 6.92 Å². The van der Waals surface area contributed by atoms with Crippen molar-refractivity contribution in [3.63, 3.8) is 0 Å². The number of H-pyrrole nitrogens is 1. The number of aromatic amines is 1. The molecular weight excluding hydrogens is 161 g/mol. The lowest BCUT2D eigenvalue weighted by Crippen LogP contribution is -2.13. The van der Waals surface area contributed by atoms with Crippen LogP contribution in [0.5, 0.6) is 0 Å². The van der Waals surface area contributed by atoms with Gasteiger partial charge in [-0.3, -0.25) is 4.79 Å². The highest BCUT2D eigenvalue weighted by molar-refractivity contribution is 7.13. The Morgan fingerprint density at radius 3 is 2.82 bits per heavy atom. The number of nitrogens with one attached hydrogen (secondary N) is 3. The molecule has 11 heavy (non-hydrogen) atoms. The predicted octanol–water partition coefficient (Wildman–Crippen LogP) is 0.390. The molecule has 0 spiro atoms. The largest absolute Gasteiger partial charge is 0.345 e. The summed E-state index contributed by atoms with van der Waals surface area (Å²) < 4.78 is 0. The van der Waals surface area contributed by atoms with Gasteiger partial charge in [-0.15, -0.1) is 0 Å². The summed E-state index contributed by atoms with van der Waals surface area (Å²) in [4.78, 5) is 13.9. The highest BCUT2D eigenvalue weighted by atomic mass is 31.0. The van der Waals surface area contributed by atoms with Gasteiger partial charge in [0, 0.05) is 17.8 Å². The Balaban J connectivity index is 2.99. The molecule has 0 bridgehead atoms. The minimum Gasteiger partial charge on any atom is -0.345 e. The van der Waals surface area contributed by atoms with E-state index in [4.69, 9.17) is 0 Å². The fourth-order valence-electron chi connectivity index (χ4n) is 0.827. The summed E-state index contributed by atoms with van der Waals surface area (Å²) in [6.45, 7) is 1.83. The van der Waals surface area contributed by atoms with Gasteiger partial charge in [-0.05, 0) is 16.3 Å². The van der Waals surface area contributed by atoms with Crippen LogP contribution >= 0.6 is 9.39 Å². The first-order chi connectivity index (χ1) is 5.22. The summed E-state index contributed by atoms with van der Waals surface area (Å²) >= 11 is 0. The van der Waals surface area contributed by atoms with Crippen LogP contribution in [0.25, 0.3) is 0 Å². The minimum atomic E-state index is -0.0102. The monoisotopic (exact) mass is 171 g/mol. The van der Waals surface area contributed by atoms with E-state index in [-0.39, 0.29) is 5.43 Å². The van der Waals surface area contributed by atoms with Crippen molar-refractivity contribution in [2.24, 2.45) is 0 Å². The maximum absolute atomic E-state index is 10.9. The summed E-state index contributed by atoms with van der Waals surface area (Å²) in [6.07, 6.45) is 0. The predicted molar refractivity (Wildman–Crippen MR) is 48.3 cm³/mol. The molecular formula is C6H10N3OP. The van der Waals surface area contributed by atoms with Crippen LogP contribution in [0.2, 0.25) is 0 Å². The van der Waals surface area contributed by atoms with Gasteiger partial charge in [-0.1, -0.05) is 0 Å². The van der Waals surface area contributed by atoms with Crippen LogP contribution in [0.15, 0.2) is 16.9 Å². The van der Waals surface area contributed by atoms with Crippen LogP contribution < -0.4 is 16.1 Å². The van der Waals surface area contributed by atoms with Gasteiger partial charge >= 0.3 is 0 Å². The molecule has 0 aliphatic heterocycles. The second-order valence-corrected chi connectivity index (χ2v) is 2.47. The summed E-state index contributed by atoms with van der Waals surface area (Å²) in [5.74, 6) is 0.657. The highest BCUT2D eigenvalue weighted by Crippen LogP contribution is 1.97. The smallest absolute Gasteiger partial charge is 0.184 e. The van der Waals surface area contributed by atoms with Gasteiger partial charge in [0.15, 0.2) is 5.43 Å². The Kier molecular flexibility index (Phi) is 2.63. The number of hydrogen-bond donors (Lipinski definition) is 3. The van der Waals surface area contributed by atoms with Crippen molar-refractivity contribution in [1.82, 2.24) is 10.2 Å². The van der Waals surface area contributed by atoms with Crippen LogP contribution in [-0.4, -0.2) is 4.98 Å². The van der Waals surface area contributed by atoms with Gasteiger partial charge in [-0.2, -0.15) is 0 Å². The molecule has 0 aromatic carbocycles. The van der Waals surface area contributed by atoms with Crippen molar-refractivity contribution in [2.75, 3.05) is 5.43 Å². The number of anilines is 1. The highest BCUT2D eigenvalue weighted by Gasteiger charge is 1.92. The Hall–Kier alpha value is -0.860. The molecule has 1 unspecified atom stereocenters. The molecule has 5 heteroatoms. The molecule has 0 aliphatic rings. The lowest BCUT2D eigenvalue weighted by atomic mass is 10.4. The topological polar surface area (TPSA) is 56.9 Å². The first kappa shape index (κ1) is 8.24. The SMILES string of the molecule is Cc1cc(=O)cc(NNP)[nH]1. The summed E-state index contributed by atoms with van der Waals surface area (Å²) in [5.41, 5.74) is 3.57. The van der Waals surface area contributed by atoms with Crippen LogP contribution in [0.3, 0.4) is 0 Å². The number of aryl methyl sites for hydroxylation is 1. The Morgan fingerprint density at radius 1 is 1.55 bits per heavy atom. The van der Waals surface area contributed by atoms with Crippen molar-refractivity contribution in [1.29, 1.82) is 0 Å². The molecule has 0 saturated carbocycles. The quantitative estimate of drug-likeness (QED) is 0.445. The summed E-state index contributed by atoms with van der Waals surface area (Å²) in [6, 6.07) is 3.01. The summed E-state index contributed by atoms with van der Waals surface area (Å²) in [5, 5.41) is 2.63. The molecule has 1 aromatic heterocycles. The fraction of sp³-hybridized carbons (Fsp3) is 0.167. The molecule has 1 atom stereocenters. The average molecular weight is 171 g/mol. The van der Waals surface area contributed by atoms with Crippen molar-refractivity contribution >= 4 is 15.2 Å². The molecule has 0 aliphatic carbocycles. The molecule has 0 radical (unpaired) electrons. The van der Waals surface area contributed by atoms with E-state index in [0.29, 0.717) is 5.82 Å². The molecule has 0 fully saturated rings. The first-order valence-corrected chi connectivity index (χ1v) is 3.72. The van der Waals surface area contributed by atoms with E-state index in [2.05, 4.69) is 25.0 Å². The lowest BCUT2D eigenvalue weighted by Gasteiger charge is -2.03. The van der Waals surface area contributed by atoms with Crippen LogP contribution in [-0.2, 0) is 0 Å².